The van der Waals surface area contributed by atoms with E-state index in [0.29, 0.717) is 6.54 Å². The number of rotatable bonds is 6. The average Bonchev–Trinajstić information content (AvgIpc) is 2.47. The molecule has 5 nitrogen and oxygen atoms in total. The Kier molecular flexibility index (Phi) is 8.71. The molecule has 0 spiro atoms. The number of hydrogen-bond acceptors (Lipinski definition) is 3. The van der Waals surface area contributed by atoms with Gasteiger partial charge >= 0.3 is 0 Å². The van der Waals surface area contributed by atoms with Gasteiger partial charge in [0.25, 0.3) is 0 Å². The Morgan fingerprint density at radius 1 is 1.26 bits per heavy atom. The van der Waals surface area contributed by atoms with Crippen LogP contribution in [-0.2, 0) is 9.59 Å². The van der Waals surface area contributed by atoms with E-state index in [1.165, 1.54) is 11.0 Å². The van der Waals surface area contributed by atoms with Gasteiger partial charge in [0.05, 0.1) is 12.5 Å². The van der Waals surface area contributed by atoms with E-state index in [1.54, 1.807) is 20.8 Å². The first-order valence-corrected chi connectivity index (χ1v) is 7.06. The molecular formula is C15H22ClF2N3O2. The second-order valence-electron chi connectivity index (χ2n) is 5.15. The molecular weight excluding hydrogens is 328 g/mol. The maximum absolute atomic E-state index is 13.5. The van der Waals surface area contributed by atoms with Crippen LogP contribution in [0.2, 0.25) is 0 Å². The highest BCUT2D eigenvalue weighted by molar-refractivity contribution is 5.95. The minimum atomic E-state index is -0.869. The normalized spacial score (nSPS) is 12.8. The number of amides is 2. The lowest BCUT2D eigenvalue weighted by molar-refractivity contribution is -0.138. The van der Waals surface area contributed by atoms with Crippen LogP contribution in [0.1, 0.15) is 20.8 Å². The molecule has 0 aliphatic heterocycles. The molecule has 1 aromatic carbocycles. The number of carbonyl (C=O) groups excluding carboxylic acids is 2. The van der Waals surface area contributed by atoms with Crippen LogP contribution in [0.25, 0.3) is 0 Å². The Bertz CT molecular complexity index is 535. The molecule has 2 atom stereocenters. The largest absolute Gasteiger partial charge is 0.333 e. The maximum Gasteiger partial charge on any atom is 0.244 e. The van der Waals surface area contributed by atoms with E-state index in [-0.39, 0.29) is 30.9 Å². The first kappa shape index (κ1) is 21.3. The van der Waals surface area contributed by atoms with Crippen LogP contribution < -0.4 is 11.1 Å². The van der Waals surface area contributed by atoms with Crippen molar-refractivity contribution in [3.8, 4) is 0 Å². The number of nitrogens with two attached hydrogens (primary N) is 1. The number of nitrogens with zero attached hydrogens (tertiary/aromatic N) is 1. The molecule has 130 valence electrons. The number of carbonyl (C=O) groups is 2. The topological polar surface area (TPSA) is 75.4 Å². The quantitative estimate of drug-likeness (QED) is 0.826. The van der Waals surface area contributed by atoms with Crippen molar-refractivity contribution in [3.63, 3.8) is 0 Å². The summed E-state index contributed by atoms with van der Waals surface area (Å²) in [5, 5.41) is 2.15. The first-order valence-electron chi connectivity index (χ1n) is 7.06. The van der Waals surface area contributed by atoms with Gasteiger partial charge in [-0.05, 0) is 26.0 Å². The average molecular weight is 350 g/mol. The van der Waals surface area contributed by atoms with E-state index in [9.17, 15) is 18.4 Å². The summed E-state index contributed by atoms with van der Waals surface area (Å²) in [6.45, 7) is 5.08. The van der Waals surface area contributed by atoms with Crippen LogP contribution in [-0.4, -0.2) is 35.8 Å². The minimum Gasteiger partial charge on any atom is -0.333 e. The van der Waals surface area contributed by atoms with Crippen molar-refractivity contribution in [2.75, 3.05) is 18.4 Å². The van der Waals surface area contributed by atoms with Crippen molar-refractivity contribution in [2.24, 2.45) is 11.7 Å². The number of nitrogens with one attached hydrogen (secondary N) is 1. The van der Waals surface area contributed by atoms with E-state index in [0.717, 1.165) is 12.1 Å². The van der Waals surface area contributed by atoms with E-state index in [4.69, 9.17) is 5.73 Å². The van der Waals surface area contributed by atoms with E-state index >= 15 is 0 Å². The molecule has 0 aliphatic carbocycles. The number of benzene rings is 1. The van der Waals surface area contributed by atoms with Crippen molar-refractivity contribution < 1.29 is 18.4 Å². The number of hydrogen-bond donors (Lipinski definition) is 2. The van der Waals surface area contributed by atoms with Gasteiger partial charge in [-0.2, -0.15) is 0 Å². The van der Waals surface area contributed by atoms with Crippen LogP contribution in [0.5, 0.6) is 0 Å². The van der Waals surface area contributed by atoms with Crippen LogP contribution in [0.3, 0.4) is 0 Å². The number of halogens is 3. The summed E-state index contributed by atoms with van der Waals surface area (Å²) in [6.07, 6.45) is 0. The molecule has 3 N–H and O–H groups in total. The van der Waals surface area contributed by atoms with Gasteiger partial charge in [-0.15, -0.1) is 12.4 Å². The summed E-state index contributed by atoms with van der Waals surface area (Å²) in [4.78, 5) is 25.4. The molecule has 0 aliphatic rings. The minimum absolute atomic E-state index is 0. The molecule has 8 heteroatoms. The molecule has 0 radical (unpaired) electrons. The molecule has 0 fully saturated rings. The predicted octanol–water partition coefficient (Wildman–Crippen LogP) is 2.16. The van der Waals surface area contributed by atoms with Crippen molar-refractivity contribution in [1.29, 1.82) is 0 Å². The van der Waals surface area contributed by atoms with Gasteiger partial charge in [-0.25, -0.2) is 8.78 Å². The Morgan fingerprint density at radius 3 is 2.22 bits per heavy atom. The van der Waals surface area contributed by atoms with Gasteiger partial charge in [-0.1, -0.05) is 13.0 Å². The summed E-state index contributed by atoms with van der Waals surface area (Å²) >= 11 is 0. The zero-order valence-corrected chi connectivity index (χ0v) is 14.1. The molecule has 2 unspecified atom stereocenters. The SMILES string of the molecule is CCN(CC(=O)Nc1c(F)cccc1F)C(=O)C(C)C(C)N.Cl. The summed E-state index contributed by atoms with van der Waals surface area (Å²) < 4.78 is 26.9. The smallest absolute Gasteiger partial charge is 0.244 e. The van der Waals surface area contributed by atoms with Gasteiger partial charge < -0.3 is 16.0 Å². The molecule has 0 heterocycles. The third kappa shape index (κ3) is 5.76. The summed E-state index contributed by atoms with van der Waals surface area (Å²) in [5.41, 5.74) is 5.16. The van der Waals surface area contributed by atoms with Crippen LogP contribution >= 0.6 is 12.4 Å². The van der Waals surface area contributed by atoms with Gasteiger partial charge in [0.2, 0.25) is 11.8 Å². The van der Waals surface area contributed by atoms with Gasteiger partial charge in [-0.3, -0.25) is 9.59 Å². The lowest BCUT2D eigenvalue weighted by atomic mass is 10.0. The second kappa shape index (κ2) is 9.42. The fourth-order valence-electron chi connectivity index (χ4n) is 1.83. The Labute approximate surface area is 140 Å². The molecule has 0 saturated carbocycles. The standard InChI is InChI=1S/C15H21F2N3O2.ClH/c1-4-20(15(22)9(2)10(3)18)8-13(21)19-14-11(16)6-5-7-12(14)17;/h5-7,9-10H,4,8,18H2,1-3H3,(H,19,21);1H. The van der Waals surface area contributed by atoms with Gasteiger partial charge in [0, 0.05) is 12.6 Å². The van der Waals surface area contributed by atoms with E-state index in [1.807, 2.05) is 0 Å². The lowest BCUT2D eigenvalue weighted by Gasteiger charge is -2.25. The second-order valence-corrected chi connectivity index (χ2v) is 5.15. The zero-order chi connectivity index (χ0) is 16.9. The third-order valence-electron chi connectivity index (χ3n) is 3.43. The van der Waals surface area contributed by atoms with Crippen molar-refractivity contribution >= 4 is 29.9 Å². The van der Waals surface area contributed by atoms with Crippen LogP contribution in [0.4, 0.5) is 14.5 Å². The molecule has 2 amide bonds. The maximum atomic E-state index is 13.5. The summed E-state index contributed by atoms with van der Waals surface area (Å²) in [7, 11) is 0. The Hall–Kier alpha value is -1.73. The fraction of sp³-hybridized carbons (Fsp3) is 0.467. The van der Waals surface area contributed by atoms with Crippen LogP contribution in [0.15, 0.2) is 18.2 Å². The van der Waals surface area contributed by atoms with Gasteiger partial charge in [0.15, 0.2) is 0 Å². The van der Waals surface area contributed by atoms with Crippen molar-refractivity contribution in [3.05, 3.63) is 29.8 Å². The molecule has 23 heavy (non-hydrogen) atoms. The highest BCUT2D eigenvalue weighted by Gasteiger charge is 2.24. The van der Waals surface area contributed by atoms with Crippen molar-refractivity contribution in [2.45, 2.75) is 26.8 Å². The molecule has 0 aromatic heterocycles. The van der Waals surface area contributed by atoms with E-state index in [2.05, 4.69) is 5.32 Å². The number of para-hydroxylation sites is 1. The highest BCUT2D eigenvalue weighted by Crippen LogP contribution is 2.18. The number of anilines is 1. The predicted molar refractivity (Wildman–Crippen MR) is 87.3 cm³/mol. The highest BCUT2D eigenvalue weighted by atomic mass is 35.5. The first-order chi connectivity index (χ1) is 10.3. The van der Waals surface area contributed by atoms with Crippen molar-refractivity contribution in [1.82, 2.24) is 4.90 Å². The summed E-state index contributed by atoms with van der Waals surface area (Å²) in [6, 6.07) is 2.93. The fourth-order valence-corrected chi connectivity index (χ4v) is 1.83. The lowest BCUT2D eigenvalue weighted by Crippen LogP contribution is -2.44. The van der Waals surface area contributed by atoms with Crippen LogP contribution in [0, 0.1) is 17.6 Å². The number of likely N-dealkylation sites (N-methyl/N-ethyl adjacent to an activating group) is 1. The third-order valence-corrected chi connectivity index (χ3v) is 3.43. The monoisotopic (exact) mass is 349 g/mol. The zero-order valence-electron chi connectivity index (χ0n) is 13.3. The molecule has 1 rings (SSSR count). The Morgan fingerprint density at radius 2 is 1.78 bits per heavy atom. The Balaban J connectivity index is 0.00000484. The van der Waals surface area contributed by atoms with Gasteiger partial charge in [0.1, 0.15) is 17.3 Å². The molecule has 1 aromatic rings. The summed E-state index contributed by atoms with van der Waals surface area (Å²) in [5.74, 6) is -3.13. The molecule has 0 saturated heterocycles. The van der Waals surface area contributed by atoms with E-state index < -0.39 is 29.1 Å². The molecule has 0 bridgehead atoms.